The van der Waals surface area contributed by atoms with E-state index < -0.39 is 5.97 Å². The molecule has 0 saturated heterocycles. The van der Waals surface area contributed by atoms with Gasteiger partial charge < -0.3 is 20.1 Å². The van der Waals surface area contributed by atoms with E-state index in [1.807, 2.05) is 14.1 Å². The first-order valence-corrected chi connectivity index (χ1v) is 6.33. The van der Waals surface area contributed by atoms with E-state index in [4.69, 9.17) is 9.84 Å². The second kappa shape index (κ2) is 7.76. The SMILES string of the molecule is CC(CN(C)C)NCCOc1ccc(C(=O)O)cc1. The molecule has 0 aliphatic rings. The van der Waals surface area contributed by atoms with E-state index in [9.17, 15) is 4.79 Å². The Morgan fingerprint density at radius 1 is 1.37 bits per heavy atom. The van der Waals surface area contributed by atoms with Crippen LogP contribution in [0, 0.1) is 0 Å². The Kier molecular flexibility index (Phi) is 6.32. The van der Waals surface area contributed by atoms with E-state index in [1.165, 1.54) is 0 Å². The van der Waals surface area contributed by atoms with Crippen molar-refractivity contribution in [2.24, 2.45) is 0 Å². The monoisotopic (exact) mass is 266 g/mol. The molecule has 0 saturated carbocycles. The molecule has 0 radical (unpaired) electrons. The molecule has 0 spiro atoms. The van der Waals surface area contributed by atoms with E-state index in [-0.39, 0.29) is 5.56 Å². The molecule has 0 aromatic heterocycles. The van der Waals surface area contributed by atoms with Crippen LogP contribution in [0.25, 0.3) is 0 Å². The van der Waals surface area contributed by atoms with Crippen molar-refractivity contribution in [3.8, 4) is 5.75 Å². The third-order valence-corrected chi connectivity index (χ3v) is 2.60. The highest BCUT2D eigenvalue weighted by Crippen LogP contribution is 2.11. The zero-order valence-electron chi connectivity index (χ0n) is 11.7. The van der Waals surface area contributed by atoms with Crippen LogP contribution in [0.3, 0.4) is 0 Å². The summed E-state index contributed by atoms with van der Waals surface area (Å²) in [6, 6.07) is 6.84. The Morgan fingerprint density at radius 2 is 2.00 bits per heavy atom. The number of hydrogen-bond donors (Lipinski definition) is 2. The van der Waals surface area contributed by atoms with E-state index in [2.05, 4.69) is 17.1 Å². The standard InChI is InChI=1S/C14H22N2O3/c1-11(10-16(2)3)15-8-9-19-13-6-4-12(5-7-13)14(17)18/h4-7,11,15H,8-10H2,1-3H3,(H,17,18). The second-order valence-electron chi connectivity index (χ2n) is 4.80. The molecule has 5 heteroatoms. The molecule has 19 heavy (non-hydrogen) atoms. The normalized spacial score (nSPS) is 12.4. The van der Waals surface area contributed by atoms with Gasteiger partial charge in [-0.1, -0.05) is 0 Å². The average molecular weight is 266 g/mol. The first-order chi connectivity index (χ1) is 8.99. The van der Waals surface area contributed by atoms with Crippen LogP contribution in [-0.2, 0) is 0 Å². The summed E-state index contributed by atoms with van der Waals surface area (Å²) in [6.07, 6.45) is 0. The third kappa shape index (κ3) is 6.22. The average Bonchev–Trinajstić information content (AvgIpc) is 2.34. The van der Waals surface area contributed by atoms with Gasteiger partial charge in [0.2, 0.25) is 0 Å². The summed E-state index contributed by atoms with van der Waals surface area (Å²) in [7, 11) is 4.08. The highest BCUT2D eigenvalue weighted by Gasteiger charge is 2.03. The van der Waals surface area contributed by atoms with Crippen LogP contribution in [0.15, 0.2) is 24.3 Å². The first kappa shape index (κ1) is 15.5. The Hall–Kier alpha value is -1.59. The van der Waals surface area contributed by atoms with Gasteiger partial charge in [-0.3, -0.25) is 0 Å². The van der Waals surface area contributed by atoms with Gasteiger partial charge in [0, 0.05) is 19.1 Å². The molecular formula is C14H22N2O3. The molecule has 0 aliphatic carbocycles. The van der Waals surface area contributed by atoms with Crippen LogP contribution in [0.5, 0.6) is 5.75 Å². The maximum absolute atomic E-state index is 10.7. The highest BCUT2D eigenvalue weighted by molar-refractivity contribution is 5.87. The summed E-state index contributed by atoms with van der Waals surface area (Å²) in [5, 5.41) is 12.1. The molecule has 1 aromatic carbocycles. The number of hydrogen-bond acceptors (Lipinski definition) is 4. The summed E-state index contributed by atoms with van der Waals surface area (Å²) in [6.45, 7) is 4.43. The van der Waals surface area contributed by atoms with Gasteiger partial charge in [0.25, 0.3) is 0 Å². The molecule has 1 aromatic rings. The predicted octanol–water partition coefficient (Wildman–Crippen LogP) is 1.30. The number of ether oxygens (including phenoxy) is 1. The number of nitrogens with zero attached hydrogens (tertiary/aromatic N) is 1. The fourth-order valence-electron chi connectivity index (χ4n) is 1.78. The molecule has 0 amide bonds. The van der Waals surface area contributed by atoms with Gasteiger partial charge in [0.15, 0.2) is 0 Å². The summed E-state index contributed by atoms with van der Waals surface area (Å²) in [4.78, 5) is 12.8. The molecule has 2 N–H and O–H groups in total. The largest absolute Gasteiger partial charge is 0.492 e. The van der Waals surface area contributed by atoms with Crippen LogP contribution in [0.4, 0.5) is 0 Å². The predicted molar refractivity (Wildman–Crippen MR) is 74.9 cm³/mol. The van der Waals surface area contributed by atoms with Crippen molar-refractivity contribution in [3.63, 3.8) is 0 Å². The highest BCUT2D eigenvalue weighted by atomic mass is 16.5. The molecule has 106 valence electrons. The maximum atomic E-state index is 10.7. The second-order valence-corrected chi connectivity index (χ2v) is 4.80. The summed E-state index contributed by atoms with van der Waals surface area (Å²) >= 11 is 0. The van der Waals surface area contributed by atoms with E-state index in [0.29, 0.717) is 18.4 Å². The van der Waals surface area contributed by atoms with Gasteiger partial charge in [0.05, 0.1) is 5.56 Å². The molecule has 1 unspecified atom stereocenters. The van der Waals surface area contributed by atoms with Crippen molar-refractivity contribution in [2.45, 2.75) is 13.0 Å². The Bertz CT molecular complexity index is 390. The number of nitrogens with one attached hydrogen (secondary N) is 1. The number of rotatable bonds is 8. The van der Waals surface area contributed by atoms with Crippen molar-refractivity contribution < 1.29 is 14.6 Å². The number of likely N-dealkylation sites (N-methyl/N-ethyl adjacent to an activating group) is 1. The molecule has 5 nitrogen and oxygen atoms in total. The molecule has 0 bridgehead atoms. The number of carboxylic acid groups (broad SMARTS) is 1. The molecule has 0 aliphatic heterocycles. The lowest BCUT2D eigenvalue weighted by atomic mass is 10.2. The Morgan fingerprint density at radius 3 is 2.53 bits per heavy atom. The van der Waals surface area contributed by atoms with E-state index >= 15 is 0 Å². The van der Waals surface area contributed by atoms with Gasteiger partial charge in [-0.05, 0) is 45.3 Å². The molecule has 0 heterocycles. The van der Waals surface area contributed by atoms with Crippen molar-refractivity contribution in [1.29, 1.82) is 0 Å². The van der Waals surface area contributed by atoms with Crippen molar-refractivity contribution in [1.82, 2.24) is 10.2 Å². The lowest BCUT2D eigenvalue weighted by Crippen LogP contribution is -2.37. The van der Waals surface area contributed by atoms with E-state index in [1.54, 1.807) is 24.3 Å². The molecule has 0 fully saturated rings. The minimum atomic E-state index is -0.925. The van der Waals surface area contributed by atoms with Gasteiger partial charge in [-0.25, -0.2) is 4.79 Å². The number of carbonyl (C=O) groups is 1. The number of carboxylic acids is 1. The fraction of sp³-hybridized carbons (Fsp3) is 0.500. The van der Waals surface area contributed by atoms with Gasteiger partial charge >= 0.3 is 5.97 Å². The van der Waals surface area contributed by atoms with Gasteiger partial charge in [-0.2, -0.15) is 0 Å². The molecule has 1 rings (SSSR count). The maximum Gasteiger partial charge on any atom is 0.335 e. The molecular weight excluding hydrogens is 244 g/mol. The topological polar surface area (TPSA) is 61.8 Å². The number of aromatic carboxylic acids is 1. The first-order valence-electron chi connectivity index (χ1n) is 6.33. The van der Waals surface area contributed by atoms with Crippen LogP contribution in [0.1, 0.15) is 17.3 Å². The van der Waals surface area contributed by atoms with Gasteiger partial charge in [0.1, 0.15) is 12.4 Å². The van der Waals surface area contributed by atoms with Crippen LogP contribution in [0.2, 0.25) is 0 Å². The van der Waals surface area contributed by atoms with Gasteiger partial charge in [-0.15, -0.1) is 0 Å². The van der Waals surface area contributed by atoms with Crippen LogP contribution < -0.4 is 10.1 Å². The van der Waals surface area contributed by atoms with Crippen molar-refractivity contribution >= 4 is 5.97 Å². The quantitative estimate of drug-likeness (QED) is 0.695. The lowest BCUT2D eigenvalue weighted by Gasteiger charge is -2.18. The smallest absolute Gasteiger partial charge is 0.335 e. The van der Waals surface area contributed by atoms with Crippen molar-refractivity contribution in [3.05, 3.63) is 29.8 Å². The summed E-state index contributed by atoms with van der Waals surface area (Å²) in [5.74, 6) is -0.238. The Labute approximate surface area is 114 Å². The third-order valence-electron chi connectivity index (χ3n) is 2.60. The fourth-order valence-corrected chi connectivity index (χ4v) is 1.78. The summed E-state index contributed by atoms with van der Waals surface area (Å²) in [5.41, 5.74) is 0.269. The number of benzene rings is 1. The van der Waals surface area contributed by atoms with E-state index in [0.717, 1.165) is 13.1 Å². The lowest BCUT2D eigenvalue weighted by molar-refractivity contribution is 0.0697. The zero-order valence-corrected chi connectivity index (χ0v) is 11.7. The van der Waals surface area contributed by atoms with Crippen LogP contribution >= 0.6 is 0 Å². The molecule has 1 atom stereocenters. The Balaban J connectivity index is 2.24. The summed E-state index contributed by atoms with van der Waals surface area (Å²) < 4.78 is 5.53. The minimum Gasteiger partial charge on any atom is -0.492 e. The van der Waals surface area contributed by atoms with Crippen molar-refractivity contribution in [2.75, 3.05) is 33.8 Å². The zero-order chi connectivity index (χ0) is 14.3. The minimum absolute atomic E-state index is 0.269. The van der Waals surface area contributed by atoms with Crippen LogP contribution in [-0.4, -0.2) is 55.8 Å².